The molecule has 1 aliphatic heterocycles. The molecule has 4 heterocycles. The lowest BCUT2D eigenvalue weighted by molar-refractivity contribution is 0.629. The summed E-state index contributed by atoms with van der Waals surface area (Å²) in [4.78, 5) is 17.8. The quantitative estimate of drug-likeness (QED) is 0.196. The molecule has 0 saturated carbocycles. The van der Waals surface area contributed by atoms with Crippen LogP contribution >= 0.6 is 0 Å². The van der Waals surface area contributed by atoms with Crippen LogP contribution in [0.25, 0.3) is 66.7 Å². The van der Waals surface area contributed by atoms with Crippen LogP contribution in [0.1, 0.15) is 25.0 Å². The fourth-order valence-electron chi connectivity index (χ4n) is 7.40. The van der Waals surface area contributed by atoms with Crippen LogP contribution in [0.3, 0.4) is 0 Å². The molecule has 0 radical (unpaired) electrons. The van der Waals surface area contributed by atoms with E-state index in [9.17, 15) is 0 Å². The van der Waals surface area contributed by atoms with Gasteiger partial charge in [0.15, 0.2) is 11.6 Å². The first-order valence-corrected chi connectivity index (χ1v) is 16.1. The zero-order chi connectivity index (χ0) is 32.0. The summed E-state index contributed by atoms with van der Waals surface area (Å²) in [6.45, 7) is 4.57. The van der Waals surface area contributed by atoms with Crippen molar-refractivity contribution in [3.63, 3.8) is 0 Å². The largest absolute Gasteiger partial charge is 0.456 e. The summed E-state index contributed by atoms with van der Waals surface area (Å²) in [6, 6.07) is 45.5. The van der Waals surface area contributed by atoms with E-state index in [0.29, 0.717) is 17.6 Å². The predicted molar refractivity (Wildman–Crippen MR) is 192 cm³/mol. The van der Waals surface area contributed by atoms with Gasteiger partial charge >= 0.3 is 0 Å². The Hall–Kier alpha value is -6.27. The van der Waals surface area contributed by atoms with Crippen LogP contribution in [-0.2, 0) is 5.41 Å². The number of hydrogen-bond acceptors (Lipinski definition) is 6. The third kappa shape index (κ3) is 3.83. The van der Waals surface area contributed by atoms with Crippen molar-refractivity contribution in [2.45, 2.75) is 19.3 Å². The van der Waals surface area contributed by atoms with Crippen molar-refractivity contribution >= 4 is 61.2 Å². The van der Waals surface area contributed by atoms with Crippen LogP contribution in [0.5, 0.6) is 0 Å². The SMILES string of the molecule is CC1(C)c2ccccc2N(c2nc(-c3ccccc3)nc(-c3cccc4oc5ccccc5c34)n2)c2cc3oc4ccccc4c3cc21. The molecule has 10 rings (SSSR count). The van der Waals surface area contributed by atoms with E-state index in [1.165, 1.54) is 11.1 Å². The molecule has 0 aliphatic carbocycles. The van der Waals surface area contributed by atoms with E-state index in [1.54, 1.807) is 0 Å². The predicted octanol–water partition coefficient (Wildman–Crippen LogP) is 11.1. The van der Waals surface area contributed by atoms with E-state index in [2.05, 4.69) is 79.4 Å². The van der Waals surface area contributed by atoms with E-state index in [0.717, 1.165) is 66.4 Å². The second kappa shape index (κ2) is 9.86. The lowest BCUT2D eigenvalue weighted by Crippen LogP contribution is -2.31. The number of para-hydroxylation sites is 3. The molecule has 228 valence electrons. The molecule has 0 amide bonds. The van der Waals surface area contributed by atoms with Crippen molar-refractivity contribution < 1.29 is 8.83 Å². The van der Waals surface area contributed by atoms with Crippen molar-refractivity contribution in [1.29, 1.82) is 0 Å². The van der Waals surface area contributed by atoms with Crippen LogP contribution in [0.4, 0.5) is 17.3 Å². The zero-order valence-electron chi connectivity index (χ0n) is 26.3. The Morgan fingerprint density at radius 1 is 0.500 bits per heavy atom. The van der Waals surface area contributed by atoms with Gasteiger partial charge in [0.25, 0.3) is 0 Å². The van der Waals surface area contributed by atoms with E-state index in [1.807, 2.05) is 72.8 Å². The highest BCUT2D eigenvalue weighted by Crippen LogP contribution is 2.53. The second-order valence-corrected chi connectivity index (χ2v) is 12.9. The molecule has 0 atom stereocenters. The Bertz CT molecular complexity index is 2720. The number of anilines is 3. The van der Waals surface area contributed by atoms with Crippen LogP contribution in [-0.4, -0.2) is 15.0 Å². The first-order chi connectivity index (χ1) is 23.5. The van der Waals surface area contributed by atoms with Gasteiger partial charge in [-0.1, -0.05) is 111 Å². The van der Waals surface area contributed by atoms with Gasteiger partial charge in [0.05, 0.1) is 11.4 Å². The fourth-order valence-corrected chi connectivity index (χ4v) is 7.40. The minimum Gasteiger partial charge on any atom is -0.456 e. The summed E-state index contributed by atoms with van der Waals surface area (Å²) >= 11 is 0. The van der Waals surface area contributed by atoms with E-state index in [4.69, 9.17) is 23.8 Å². The molecule has 6 heteroatoms. The molecule has 0 fully saturated rings. The van der Waals surface area contributed by atoms with Crippen molar-refractivity contribution in [2.75, 3.05) is 4.90 Å². The molecular weight excluding hydrogens is 592 g/mol. The van der Waals surface area contributed by atoms with Gasteiger partial charge in [0, 0.05) is 44.2 Å². The van der Waals surface area contributed by atoms with E-state index < -0.39 is 0 Å². The molecular formula is C42H28N4O2. The van der Waals surface area contributed by atoms with Gasteiger partial charge in [0.1, 0.15) is 22.3 Å². The highest BCUT2D eigenvalue weighted by Gasteiger charge is 2.39. The Morgan fingerprint density at radius 3 is 2.02 bits per heavy atom. The third-order valence-electron chi connectivity index (χ3n) is 9.73. The Morgan fingerprint density at radius 2 is 1.17 bits per heavy atom. The van der Waals surface area contributed by atoms with Crippen molar-refractivity contribution in [3.05, 3.63) is 145 Å². The van der Waals surface area contributed by atoms with Gasteiger partial charge in [-0.25, -0.2) is 4.98 Å². The van der Waals surface area contributed by atoms with Gasteiger partial charge in [0.2, 0.25) is 5.95 Å². The second-order valence-electron chi connectivity index (χ2n) is 12.9. The molecule has 0 unspecified atom stereocenters. The number of aromatic nitrogens is 3. The summed E-state index contributed by atoms with van der Waals surface area (Å²) in [5.74, 6) is 1.70. The minimum absolute atomic E-state index is 0.297. The maximum Gasteiger partial charge on any atom is 0.238 e. The summed E-state index contributed by atoms with van der Waals surface area (Å²) in [7, 11) is 0. The highest BCUT2D eigenvalue weighted by atomic mass is 16.3. The lowest BCUT2D eigenvalue weighted by Gasteiger charge is -2.41. The maximum absolute atomic E-state index is 6.43. The number of rotatable bonds is 3. The van der Waals surface area contributed by atoms with Crippen molar-refractivity contribution in [1.82, 2.24) is 15.0 Å². The van der Waals surface area contributed by atoms with E-state index in [-0.39, 0.29) is 5.41 Å². The summed E-state index contributed by atoms with van der Waals surface area (Å²) in [5, 5.41) is 4.20. The smallest absolute Gasteiger partial charge is 0.238 e. The Balaban J connectivity index is 1.29. The fraction of sp³-hybridized carbons (Fsp3) is 0.0714. The van der Waals surface area contributed by atoms with Gasteiger partial charge in [-0.3, -0.25) is 4.90 Å². The number of fused-ring (bicyclic) bond motifs is 8. The summed E-state index contributed by atoms with van der Waals surface area (Å²) < 4.78 is 12.7. The molecule has 9 aromatic rings. The van der Waals surface area contributed by atoms with Crippen molar-refractivity contribution in [2.24, 2.45) is 0 Å². The van der Waals surface area contributed by atoms with Crippen LogP contribution < -0.4 is 4.90 Å². The molecule has 0 N–H and O–H groups in total. The van der Waals surface area contributed by atoms with Gasteiger partial charge in [-0.2, -0.15) is 9.97 Å². The van der Waals surface area contributed by atoms with Gasteiger partial charge in [-0.05, 0) is 41.5 Å². The highest BCUT2D eigenvalue weighted by molar-refractivity contribution is 6.12. The topological polar surface area (TPSA) is 68.2 Å². The molecule has 48 heavy (non-hydrogen) atoms. The average molecular weight is 621 g/mol. The molecule has 6 nitrogen and oxygen atoms in total. The zero-order valence-corrected chi connectivity index (χ0v) is 26.3. The lowest BCUT2D eigenvalue weighted by atomic mass is 9.73. The first-order valence-electron chi connectivity index (χ1n) is 16.1. The number of furan rings is 2. The molecule has 0 spiro atoms. The molecule has 0 saturated heterocycles. The maximum atomic E-state index is 6.43. The van der Waals surface area contributed by atoms with Crippen LogP contribution in [0.15, 0.2) is 142 Å². The first kappa shape index (κ1) is 26.9. The third-order valence-corrected chi connectivity index (χ3v) is 9.73. The van der Waals surface area contributed by atoms with Crippen LogP contribution in [0.2, 0.25) is 0 Å². The van der Waals surface area contributed by atoms with Crippen LogP contribution in [0, 0.1) is 0 Å². The summed E-state index contributed by atoms with van der Waals surface area (Å²) in [5.41, 5.74) is 9.17. The minimum atomic E-state index is -0.297. The monoisotopic (exact) mass is 620 g/mol. The number of hydrogen-bond donors (Lipinski definition) is 0. The number of nitrogens with zero attached hydrogens (tertiary/aromatic N) is 4. The standard InChI is InChI=1S/C42H28N4O2/c1-42(2)30-18-8-9-19-32(30)46(33-24-37-29(23-31(33)42)26-15-6-10-20-34(26)48-37)41-44-39(25-13-4-3-5-14-25)43-40(45-41)28-17-12-22-36-38(28)27-16-7-11-21-35(27)47-36/h3-24H,1-2H3. The Labute approximate surface area is 275 Å². The summed E-state index contributed by atoms with van der Waals surface area (Å²) in [6.07, 6.45) is 0. The molecule has 3 aromatic heterocycles. The Kier molecular flexibility index (Phi) is 5.53. The molecule has 1 aliphatic rings. The number of benzene rings is 6. The normalized spacial score (nSPS) is 13.8. The van der Waals surface area contributed by atoms with Gasteiger partial charge < -0.3 is 8.83 Å². The van der Waals surface area contributed by atoms with Crippen molar-refractivity contribution in [3.8, 4) is 22.8 Å². The van der Waals surface area contributed by atoms with Gasteiger partial charge in [-0.15, -0.1) is 0 Å². The average Bonchev–Trinajstić information content (AvgIpc) is 3.69. The molecule has 6 aromatic carbocycles. The molecule has 0 bridgehead atoms. The van der Waals surface area contributed by atoms with E-state index >= 15 is 0 Å².